The molecular formula is C9H14N2O. The SMILES string of the molecule is Cc1ccc(NNCCO)cc1. The molecule has 12 heavy (non-hydrogen) atoms. The minimum absolute atomic E-state index is 0.138. The highest BCUT2D eigenvalue weighted by molar-refractivity contribution is 5.43. The van der Waals surface area contributed by atoms with E-state index in [2.05, 4.69) is 10.9 Å². The summed E-state index contributed by atoms with van der Waals surface area (Å²) in [6.45, 7) is 2.73. The van der Waals surface area contributed by atoms with Gasteiger partial charge >= 0.3 is 0 Å². The van der Waals surface area contributed by atoms with E-state index in [-0.39, 0.29) is 6.61 Å². The predicted octanol–water partition coefficient (Wildman–Crippen LogP) is 0.904. The van der Waals surface area contributed by atoms with Gasteiger partial charge in [-0.15, -0.1) is 0 Å². The van der Waals surface area contributed by atoms with Crippen molar-refractivity contribution in [1.29, 1.82) is 0 Å². The van der Waals surface area contributed by atoms with Crippen molar-refractivity contribution in [2.75, 3.05) is 18.6 Å². The lowest BCUT2D eigenvalue weighted by atomic mass is 10.2. The van der Waals surface area contributed by atoms with Gasteiger partial charge in [-0.3, -0.25) is 0 Å². The molecule has 0 aromatic heterocycles. The number of hydrogen-bond donors (Lipinski definition) is 3. The number of aryl methyl sites for hydroxylation is 1. The molecule has 0 aliphatic heterocycles. The Morgan fingerprint density at radius 2 is 1.92 bits per heavy atom. The van der Waals surface area contributed by atoms with Gasteiger partial charge in [0, 0.05) is 12.2 Å². The second-order valence-corrected chi connectivity index (χ2v) is 2.64. The van der Waals surface area contributed by atoms with Crippen LogP contribution >= 0.6 is 0 Å². The molecule has 3 nitrogen and oxygen atoms in total. The summed E-state index contributed by atoms with van der Waals surface area (Å²) in [4.78, 5) is 0. The van der Waals surface area contributed by atoms with E-state index in [0.29, 0.717) is 6.54 Å². The molecule has 3 heteroatoms. The van der Waals surface area contributed by atoms with Gasteiger partial charge in [-0.2, -0.15) is 0 Å². The van der Waals surface area contributed by atoms with E-state index in [0.717, 1.165) is 5.69 Å². The van der Waals surface area contributed by atoms with E-state index in [1.54, 1.807) is 0 Å². The van der Waals surface area contributed by atoms with Crippen LogP contribution in [0, 0.1) is 6.92 Å². The van der Waals surface area contributed by atoms with E-state index in [9.17, 15) is 0 Å². The van der Waals surface area contributed by atoms with Gasteiger partial charge in [0.15, 0.2) is 0 Å². The average Bonchev–Trinajstić information content (AvgIpc) is 2.09. The summed E-state index contributed by atoms with van der Waals surface area (Å²) in [6.07, 6.45) is 0. The van der Waals surface area contributed by atoms with Crippen LogP contribution in [0.5, 0.6) is 0 Å². The van der Waals surface area contributed by atoms with Gasteiger partial charge in [0.1, 0.15) is 0 Å². The molecular weight excluding hydrogens is 152 g/mol. The normalized spacial score (nSPS) is 9.83. The van der Waals surface area contributed by atoms with Crippen LogP contribution in [-0.4, -0.2) is 18.3 Å². The van der Waals surface area contributed by atoms with E-state index in [1.807, 2.05) is 31.2 Å². The molecule has 0 saturated heterocycles. The first-order chi connectivity index (χ1) is 5.83. The quantitative estimate of drug-likeness (QED) is 0.460. The number of hydrogen-bond acceptors (Lipinski definition) is 3. The maximum atomic E-state index is 8.49. The van der Waals surface area contributed by atoms with Crippen LogP contribution in [0.15, 0.2) is 24.3 Å². The number of rotatable bonds is 4. The van der Waals surface area contributed by atoms with E-state index < -0.39 is 0 Å². The summed E-state index contributed by atoms with van der Waals surface area (Å²) in [5.41, 5.74) is 8.08. The maximum absolute atomic E-state index is 8.49. The molecule has 1 rings (SSSR count). The zero-order chi connectivity index (χ0) is 8.81. The largest absolute Gasteiger partial charge is 0.395 e. The van der Waals surface area contributed by atoms with Gasteiger partial charge in [0.25, 0.3) is 0 Å². The van der Waals surface area contributed by atoms with Crippen molar-refractivity contribution in [3.8, 4) is 0 Å². The van der Waals surface area contributed by atoms with Gasteiger partial charge in [-0.25, -0.2) is 5.43 Å². The summed E-state index contributed by atoms with van der Waals surface area (Å²) in [5, 5.41) is 8.49. The van der Waals surface area contributed by atoms with Crippen LogP contribution in [-0.2, 0) is 0 Å². The van der Waals surface area contributed by atoms with Crippen molar-refractivity contribution < 1.29 is 5.11 Å². The molecule has 0 amide bonds. The highest BCUT2D eigenvalue weighted by Gasteiger charge is 1.88. The van der Waals surface area contributed by atoms with Gasteiger partial charge in [-0.05, 0) is 19.1 Å². The summed E-state index contributed by atoms with van der Waals surface area (Å²) >= 11 is 0. The molecule has 0 radical (unpaired) electrons. The fourth-order valence-corrected chi connectivity index (χ4v) is 0.857. The number of aliphatic hydroxyl groups is 1. The van der Waals surface area contributed by atoms with Crippen molar-refractivity contribution >= 4 is 5.69 Å². The molecule has 0 aliphatic rings. The Bertz CT molecular complexity index is 220. The third-order valence-electron chi connectivity index (χ3n) is 1.52. The number of anilines is 1. The fraction of sp³-hybridized carbons (Fsp3) is 0.333. The van der Waals surface area contributed by atoms with Crippen molar-refractivity contribution in [3.05, 3.63) is 29.8 Å². The summed E-state index contributed by atoms with van der Waals surface area (Å²) in [6, 6.07) is 8.03. The zero-order valence-corrected chi connectivity index (χ0v) is 7.17. The molecule has 1 aromatic rings. The third kappa shape index (κ3) is 2.90. The van der Waals surface area contributed by atoms with Gasteiger partial charge < -0.3 is 10.5 Å². The minimum atomic E-state index is 0.138. The van der Waals surface area contributed by atoms with Crippen LogP contribution < -0.4 is 10.9 Å². The van der Waals surface area contributed by atoms with Crippen LogP contribution in [0.1, 0.15) is 5.56 Å². The van der Waals surface area contributed by atoms with Gasteiger partial charge in [0.05, 0.1) is 6.61 Å². The highest BCUT2D eigenvalue weighted by atomic mass is 16.3. The van der Waals surface area contributed by atoms with Gasteiger partial charge in [0.2, 0.25) is 0 Å². The molecule has 1 aromatic carbocycles. The second-order valence-electron chi connectivity index (χ2n) is 2.64. The summed E-state index contributed by atoms with van der Waals surface area (Å²) in [7, 11) is 0. The molecule has 0 heterocycles. The lowest BCUT2D eigenvalue weighted by Gasteiger charge is -2.06. The zero-order valence-electron chi connectivity index (χ0n) is 7.17. The molecule has 66 valence electrons. The molecule has 0 bridgehead atoms. The Morgan fingerprint density at radius 3 is 2.50 bits per heavy atom. The van der Waals surface area contributed by atoms with E-state index in [4.69, 9.17) is 5.11 Å². The monoisotopic (exact) mass is 166 g/mol. The molecule has 0 atom stereocenters. The number of hydrazine groups is 1. The second kappa shape index (κ2) is 4.74. The Morgan fingerprint density at radius 1 is 1.25 bits per heavy atom. The van der Waals surface area contributed by atoms with Crippen LogP contribution in [0.4, 0.5) is 5.69 Å². The molecule has 0 aliphatic carbocycles. The van der Waals surface area contributed by atoms with Crippen LogP contribution in [0.25, 0.3) is 0 Å². The first kappa shape index (κ1) is 9.03. The Hall–Kier alpha value is -1.06. The molecule has 0 saturated carbocycles. The standard InChI is InChI=1S/C9H14N2O/c1-8-2-4-9(5-3-8)11-10-6-7-12/h2-5,10-12H,6-7H2,1H3. The molecule has 0 spiro atoms. The van der Waals surface area contributed by atoms with E-state index in [1.165, 1.54) is 5.56 Å². The predicted molar refractivity (Wildman–Crippen MR) is 49.9 cm³/mol. The average molecular weight is 166 g/mol. The van der Waals surface area contributed by atoms with Gasteiger partial charge in [-0.1, -0.05) is 17.7 Å². The molecule has 3 N–H and O–H groups in total. The fourth-order valence-electron chi connectivity index (χ4n) is 0.857. The van der Waals surface area contributed by atoms with Crippen LogP contribution in [0.2, 0.25) is 0 Å². The molecule has 0 unspecified atom stereocenters. The van der Waals surface area contributed by atoms with Crippen molar-refractivity contribution in [2.24, 2.45) is 0 Å². The van der Waals surface area contributed by atoms with Crippen molar-refractivity contribution in [1.82, 2.24) is 5.43 Å². The van der Waals surface area contributed by atoms with Crippen molar-refractivity contribution in [2.45, 2.75) is 6.92 Å². The van der Waals surface area contributed by atoms with Crippen LogP contribution in [0.3, 0.4) is 0 Å². The number of benzene rings is 1. The van der Waals surface area contributed by atoms with Crippen molar-refractivity contribution in [3.63, 3.8) is 0 Å². The topological polar surface area (TPSA) is 44.3 Å². The summed E-state index contributed by atoms with van der Waals surface area (Å²) < 4.78 is 0. The Labute approximate surface area is 72.4 Å². The lowest BCUT2D eigenvalue weighted by Crippen LogP contribution is -2.24. The Balaban J connectivity index is 2.37. The first-order valence-electron chi connectivity index (χ1n) is 3.99. The molecule has 0 fully saturated rings. The number of aliphatic hydroxyl groups excluding tert-OH is 1. The lowest BCUT2D eigenvalue weighted by molar-refractivity contribution is 0.296. The smallest absolute Gasteiger partial charge is 0.0574 e. The first-order valence-corrected chi connectivity index (χ1v) is 3.99. The minimum Gasteiger partial charge on any atom is -0.395 e. The summed E-state index contributed by atoms with van der Waals surface area (Å²) in [5.74, 6) is 0. The third-order valence-corrected chi connectivity index (χ3v) is 1.52. The maximum Gasteiger partial charge on any atom is 0.0574 e. The highest BCUT2D eigenvalue weighted by Crippen LogP contribution is 2.06. The Kier molecular flexibility index (Phi) is 3.57. The number of nitrogens with one attached hydrogen (secondary N) is 2. The van der Waals surface area contributed by atoms with E-state index >= 15 is 0 Å².